The molecule has 6 nitrogen and oxygen atoms in total. The largest absolute Gasteiger partial charge is 0.462 e. The SMILES string of the molecule is CC/C=C\C/C=C\C/C=C\C/C=C\C=C/C(O)C/C=C\CCC(=O)OC[C@H](CO)OC(=O)CCCCCCCCCCCCCCCCCC(C)C. The molecule has 0 amide bonds. The Balaban J connectivity index is 3.76. The average molecular weight is 727 g/mol. The number of esters is 2. The fourth-order valence-electron chi connectivity index (χ4n) is 5.61. The second-order valence-electron chi connectivity index (χ2n) is 14.4. The molecule has 298 valence electrons. The Morgan fingerprint density at radius 1 is 0.596 bits per heavy atom. The van der Waals surface area contributed by atoms with Crippen molar-refractivity contribution in [2.45, 2.75) is 187 Å². The van der Waals surface area contributed by atoms with Gasteiger partial charge >= 0.3 is 11.9 Å². The van der Waals surface area contributed by atoms with Crippen LogP contribution in [0.4, 0.5) is 0 Å². The van der Waals surface area contributed by atoms with Gasteiger partial charge in [0, 0.05) is 12.8 Å². The van der Waals surface area contributed by atoms with Gasteiger partial charge in [-0.1, -0.05) is 190 Å². The van der Waals surface area contributed by atoms with Crippen LogP contribution in [-0.4, -0.2) is 47.6 Å². The molecular weight excluding hydrogens is 648 g/mol. The van der Waals surface area contributed by atoms with Crippen LogP contribution in [0.25, 0.3) is 0 Å². The minimum absolute atomic E-state index is 0.149. The second-order valence-corrected chi connectivity index (χ2v) is 14.4. The zero-order valence-electron chi connectivity index (χ0n) is 33.6. The van der Waals surface area contributed by atoms with Gasteiger partial charge in [-0.3, -0.25) is 9.59 Å². The number of allylic oxidation sites excluding steroid dienone is 10. The molecule has 0 saturated carbocycles. The third-order valence-electron chi connectivity index (χ3n) is 8.79. The van der Waals surface area contributed by atoms with Crippen LogP contribution >= 0.6 is 0 Å². The summed E-state index contributed by atoms with van der Waals surface area (Å²) in [5.74, 6) is 0.0714. The van der Waals surface area contributed by atoms with Gasteiger partial charge in [-0.25, -0.2) is 0 Å². The zero-order chi connectivity index (χ0) is 38.2. The molecule has 0 fully saturated rings. The first-order valence-electron chi connectivity index (χ1n) is 21.0. The van der Waals surface area contributed by atoms with Gasteiger partial charge in [0.25, 0.3) is 0 Å². The number of carbonyl (C=O) groups is 2. The smallest absolute Gasteiger partial charge is 0.306 e. The number of aliphatic hydroxyl groups excluding tert-OH is 2. The maximum atomic E-state index is 12.2. The molecule has 52 heavy (non-hydrogen) atoms. The van der Waals surface area contributed by atoms with Crippen molar-refractivity contribution in [1.82, 2.24) is 0 Å². The molecule has 0 aromatic carbocycles. The highest BCUT2D eigenvalue weighted by Gasteiger charge is 2.16. The van der Waals surface area contributed by atoms with Gasteiger partial charge in [-0.15, -0.1) is 0 Å². The molecule has 0 rings (SSSR count). The van der Waals surface area contributed by atoms with Crippen LogP contribution in [0, 0.1) is 5.92 Å². The molecule has 2 atom stereocenters. The maximum Gasteiger partial charge on any atom is 0.306 e. The van der Waals surface area contributed by atoms with E-state index in [1.807, 2.05) is 30.4 Å². The molecule has 0 radical (unpaired) electrons. The quantitative estimate of drug-likeness (QED) is 0.0289. The van der Waals surface area contributed by atoms with E-state index in [4.69, 9.17) is 9.47 Å². The minimum Gasteiger partial charge on any atom is -0.462 e. The van der Waals surface area contributed by atoms with E-state index in [0.717, 1.165) is 50.9 Å². The number of hydrogen-bond donors (Lipinski definition) is 2. The first kappa shape index (κ1) is 49.3. The topological polar surface area (TPSA) is 93.1 Å². The number of carbonyl (C=O) groups excluding carboxylic acids is 2. The lowest BCUT2D eigenvalue weighted by Crippen LogP contribution is -2.28. The highest BCUT2D eigenvalue weighted by molar-refractivity contribution is 5.70. The number of hydrogen-bond acceptors (Lipinski definition) is 6. The molecule has 2 N–H and O–H groups in total. The standard InChI is InChI=1S/C46H78O6/c1-4-5-6-7-8-9-10-14-18-21-24-27-31-36-43(48)37-32-29-34-38-45(49)51-41-44(40-47)52-46(50)39-33-28-25-22-19-16-13-11-12-15-17-20-23-26-30-35-42(2)3/h5-6,8-9,14,18,24,27,29,31-32,36,42-44,47-48H,4,7,10-13,15-17,19-23,25-26,28,30,33-35,37-41H2,1-3H3/b6-5-,9-8-,18-14-,27-24-,32-29-,36-31-/t43?,44-/m0/s1. The monoisotopic (exact) mass is 727 g/mol. The maximum absolute atomic E-state index is 12.2. The highest BCUT2D eigenvalue weighted by atomic mass is 16.6. The summed E-state index contributed by atoms with van der Waals surface area (Å²) in [5.41, 5.74) is 0. The Morgan fingerprint density at radius 3 is 1.65 bits per heavy atom. The fraction of sp³-hybridized carbons (Fsp3) is 0.696. The molecule has 0 aromatic rings. The molecular formula is C46H78O6. The summed E-state index contributed by atoms with van der Waals surface area (Å²) < 4.78 is 10.5. The lowest BCUT2D eigenvalue weighted by Gasteiger charge is -2.15. The molecule has 6 heteroatoms. The van der Waals surface area contributed by atoms with Crippen molar-refractivity contribution in [3.05, 3.63) is 72.9 Å². The highest BCUT2D eigenvalue weighted by Crippen LogP contribution is 2.15. The summed E-state index contributed by atoms with van der Waals surface area (Å²) in [4.78, 5) is 24.3. The summed E-state index contributed by atoms with van der Waals surface area (Å²) in [5, 5.41) is 19.7. The van der Waals surface area contributed by atoms with Gasteiger partial charge in [0.05, 0.1) is 12.7 Å². The van der Waals surface area contributed by atoms with Crippen molar-refractivity contribution in [2.24, 2.45) is 5.92 Å². The van der Waals surface area contributed by atoms with E-state index in [-0.39, 0.29) is 25.6 Å². The van der Waals surface area contributed by atoms with E-state index in [1.54, 1.807) is 6.08 Å². The van der Waals surface area contributed by atoms with Crippen LogP contribution in [0.3, 0.4) is 0 Å². The van der Waals surface area contributed by atoms with Gasteiger partial charge in [-0.2, -0.15) is 0 Å². The molecule has 0 bridgehead atoms. The van der Waals surface area contributed by atoms with Crippen LogP contribution < -0.4 is 0 Å². The zero-order valence-corrected chi connectivity index (χ0v) is 33.6. The minimum atomic E-state index is -0.839. The van der Waals surface area contributed by atoms with Crippen molar-refractivity contribution < 1.29 is 29.3 Å². The Hall–Kier alpha value is -2.70. The van der Waals surface area contributed by atoms with E-state index >= 15 is 0 Å². The summed E-state index contributed by atoms with van der Waals surface area (Å²) in [6.45, 7) is 6.22. The Bertz CT molecular complexity index is 989. The van der Waals surface area contributed by atoms with E-state index < -0.39 is 18.2 Å². The van der Waals surface area contributed by atoms with Gasteiger partial charge < -0.3 is 19.7 Å². The van der Waals surface area contributed by atoms with Crippen LogP contribution in [0.15, 0.2) is 72.9 Å². The van der Waals surface area contributed by atoms with E-state index in [1.165, 1.54) is 83.5 Å². The summed E-state index contributed by atoms with van der Waals surface area (Å²) in [7, 11) is 0. The number of ether oxygens (including phenoxy) is 2. The molecule has 0 heterocycles. The number of aliphatic hydroxyl groups is 2. The average Bonchev–Trinajstić information content (AvgIpc) is 3.12. The molecule has 0 aliphatic carbocycles. The van der Waals surface area contributed by atoms with Crippen LogP contribution in [0.5, 0.6) is 0 Å². The molecule has 0 spiro atoms. The second kappa shape index (κ2) is 39.5. The molecule has 0 aromatic heterocycles. The van der Waals surface area contributed by atoms with Gasteiger partial charge in [-0.05, 0) is 50.9 Å². The van der Waals surface area contributed by atoms with Crippen molar-refractivity contribution in [3.63, 3.8) is 0 Å². The number of rotatable bonds is 36. The molecule has 1 unspecified atom stereocenters. The summed E-state index contributed by atoms with van der Waals surface area (Å²) >= 11 is 0. The number of unbranched alkanes of at least 4 members (excludes halogenated alkanes) is 14. The predicted molar refractivity (Wildman–Crippen MR) is 220 cm³/mol. The van der Waals surface area contributed by atoms with Crippen molar-refractivity contribution in [3.8, 4) is 0 Å². The van der Waals surface area contributed by atoms with Crippen molar-refractivity contribution >= 4 is 11.9 Å². The van der Waals surface area contributed by atoms with E-state index in [2.05, 4.69) is 57.2 Å². The van der Waals surface area contributed by atoms with Gasteiger partial charge in [0.2, 0.25) is 0 Å². The van der Waals surface area contributed by atoms with Crippen molar-refractivity contribution in [2.75, 3.05) is 13.2 Å². The first-order chi connectivity index (χ1) is 25.4. The normalized spacial score (nSPS) is 13.7. The lowest BCUT2D eigenvalue weighted by molar-refractivity contribution is -0.161. The predicted octanol–water partition coefficient (Wildman–Crippen LogP) is 12.2. The molecule has 0 aliphatic heterocycles. The van der Waals surface area contributed by atoms with Crippen molar-refractivity contribution in [1.29, 1.82) is 0 Å². The Kier molecular flexibility index (Phi) is 37.5. The summed E-state index contributed by atoms with van der Waals surface area (Å²) in [6.07, 6.45) is 48.6. The van der Waals surface area contributed by atoms with Crippen LogP contribution in [0.1, 0.15) is 175 Å². The van der Waals surface area contributed by atoms with Crippen LogP contribution in [0.2, 0.25) is 0 Å². The van der Waals surface area contributed by atoms with E-state index in [9.17, 15) is 19.8 Å². The Labute approximate surface area is 319 Å². The molecule has 0 saturated heterocycles. The fourth-order valence-corrected chi connectivity index (χ4v) is 5.61. The Morgan fingerprint density at radius 2 is 1.12 bits per heavy atom. The van der Waals surface area contributed by atoms with Crippen LogP contribution in [-0.2, 0) is 19.1 Å². The molecule has 0 aliphatic rings. The third kappa shape index (κ3) is 38.5. The first-order valence-corrected chi connectivity index (χ1v) is 21.0. The third-order valence-corrected chi connectivity index (χ3v) is 8.79. The van der Waals surface area contributed by atoms with Gasteiger partial charge in [0.1, 0.15) is 6.61 Å². The lowest BCUT2D eigenvalue weighted by atomic mass is 10.0. The summed E-state index contributed by atoms with van der Waals surface area (Å²) in [6, 6.07) is 0. The van der Waals surface area contributed by atoms with E-state index in [0.29, 0.717) is 19.3 Å². The van der Waals surface area contributed by atoms with Gasteiger partial charge in [0.15, 0.2) is 6.10 Å².